The topological polar surface area (TPSA) is 21.3 Å². The molecule has 0 unspecified atom stereocenters. The van der Waals surface area contributed by atoms with Crippen LogP contribution >= 0.6 is 0 Å². The van der Waals surface area contributed by atoms with Crippen LogP contribution in [0.25, 0.3) is 0 Å². The van der Waals surface area contributed by atoms with Crippen molar-refractivity contribution in [1.29, 1.82) is 0 Å². The third-order valence-electron chi connectivity index (χ3n) is 4.00. The monoisotopic (exact) mass is 339 g/mol. The molecule has 0 aliphatic rings. The van der Waals surface area contributed by atoms with Gasteiger partial charge in [0.2, 0.25) is 0 Å². The Morgan fingerprint density at radius 2 is 1.84 bits per heavy atom. The van der Waals surface area contributed by atoms with Gasteiger partial charge < -0.3 is 10.1 Å². The lowest BCUT2D eigenvalue weighted by molar-refractivity contribution is 0.442. The molecule has 1 rings (SSSR count). The van der Waals surface area contributed by atoms with Gasteiger partial charge in [0.25, 0.3) is 0 Å². The van der Waals surface area contributed by atoms with Gasteiger partial charge in [-0.05, 0) is 60.7 Å². The van der Waals surface area contributed by atoms with Crippen molar-refractivity contribution in [2.75, 3.05) is 7.05 Å². The van der Waals surface area contributed by atoms with Crippen molar-refractivity contribution < 1.29 is 4.74 Å². The van der Waals surface area contributed by atoms with Crippen molar-refractivity contribution in [3.05, 3.63) is 78.2 Å². The Morgan fingerprint density at radius 3 is 2.36 bits per heavy atom. The van der Waals surface area contributed by atoms with Crippen LogP contribution in [0, 0.1) is 0 Å². The lowest BCUT2D eigenvalue weighted by Crippen LogP contribution is -2.10. The maximum absolute atomic E-state index is 5.94. The molecule has 0 radical (unpaired) electrons. The van der Waals surface area contributed by atoms with Gasteiger partial charge in [0.15, 0.2) is 0 Å². The number of nitrogens with one attached hydrogen (secondary N) is 1. The summed E-state index contributed by atoms with van der Waals surface area (Å²) in [5, 5.41) is 3.02. The first-order chi connectivity index (χ1) is 11.9. The van der Waals surface area contributed by atoms with Crippen molar-refractivity contribution in [1.82, 2.24) is 5.32 Å². The first-order valence-electron chi connectivity index (χ1n) is 9.01. The second-order valence-electron chi connectivity index (χ2n) is 7.03. The van der Waals surface area contributed by atoms with Crippen LogP contribution < -0.4 is 10.1 Å². The minimum atomic E-state index is 0.152. The molecule has 136 valence electrons. The van der Waals surface area contributed by atoms with Crippen LogP contribution in [0.5, 0.6) is 5.75 Å². The number of hydrogen-bond donors (Lipinski definition) is 1. The highest BCUT2D eigenvalue weighted by Crippen LogP contribution is 2.25. The smallest absolute Gasteiger partial charge is 0.127 e. The summed E-state index contributed by atoms with van der Waals surface area (Å²) >= 11 is 0. The average molecular weight is 340 g/mol. The highest BCUT2D eigenvalue weighted by Gasteiger charge is 2.13. The van der Waals surface area contributed by atoms with E-state index >= 15 is 0 Å². The van der Waals surface area contributed by atoms with E-state index < -0.39 is 0 Å². The Kier molecular flexibility index (Phi) is 8.83. The fourth-order valence-electron chi connectivity index (χ4n) is 2.37. The lowest BCUT2D eigenvalue weighted by Gasteiger charge is -2.19. The van der Waals surface area contributed by atoms with Gasteiger partial charge in [0.05, 0.1) is 0 Å². The predicted octanol–water partition coefficient (Wildman–Crippen LogP) is 6.28. The van der Waals surface area contributed by atoms with Crippen molar-refractivity contribution >= 4 is 0 Å². The van der Waals surface area contributed by atoms with Crippen LogP contribution in [0.3, 0.4) is 0 Å². The highest BCUT2D eigenvalue weighted by molar-refractivity contribution is 5.33. The van der Waals surface area contributed by atoms with Gasteiger partial charge in [-0.2, -0.15) is 0 Å². The van der Waals surface area contributed by atoms with Gasteiger partial charge in [0, 0.05) is 7.05 Å². The third-order valence-corrected chi connectivity index (χ3v) is 4.00. The Labute approximate surface area is 154 Å². The molecular weight excluding hydrogens is 306 g/mol. The van der Waals surface area contributed by atoms with Crippen molar-refractivity contribution in [3.8, 4) is 5.75 Å². The molecule has 1 aromatic rings. The van der Waals surface area contributed by atoms with E-state index in [-0.39, 0.29) is 5.41 Å². The summed E-state index contributed by atoms with van der Waals surface area (Å²) in [7, 11) is 1.91. The standard InChI is InChI=1S/C23H33NO/c1-7-19(12-10-18-24-6)11-9-13-21(8-2)25-22-16-14-20(15-17-22)23(3,4)5/h8,10-11,13-18,24H,2,7,9,12H2,1,3-6H3/b18-10-,19-11+,21-13+. The second kappa shape index (κ2) is 10.6. The second-order valence-corrected chi connectivity index (χ2v) is 7.03. The molecule has 0 aromatic heterocycles. The largest absolute Gasteiger partial charge is 0.458 e. The molecular formula is C23H33NO. The van der Waals surface area contributed by atoms with Crippen LogP contribution in [0.4, 0.5) is 0 Å². The molecule has 2 heteroatoms. The summed E-state index contributed by atoms with van der Waals surface area (Å²) in [5.74, 6) is 1.64. The van der Waals surface area contributed by atoms with E-state index in [2.05, 4.69) is 70.0 Å². The van der Waals surface area contributed by atoms with E-state index in [0.29, 0.717) is 0 Å². The molecule has 0 aliphatic heterocycles. The molecule has 0 fully saturated rings. The Hall–Kier alpha value is -2.22. The summed E-state index contributed by atoms with van der Waals surface area (Å²) in [6, 6.07) is 8.29. The third kappa shape index (κ3) is 7.93. The van der Waals surface area contributed by atoms with E-state index in [9.17, 15) is 0 Å². The lowest BCUT2D eigenvalue weighted by atomic mass is 9.87. The highest BCUT2D eigenvalue weighted by atomic mass is 16.5. The molecule has 0 aliphatic carbocycles. The maximum atomic E-state index is 5.94. The summed E-state index contributed by atoms with van der Waals surface area (Å²) < 4.78 is 5.94. The molecule has 0 heterocycles. The maximum Gasteiger partial charge on any atom is 0.127 e. The number of benzene rings is 1. The molecule has 25 heavy (non-hydrogen) atoms. The van der Waals surface area contributed by atoms with Gasteiger partial charge in [0.1, 0.15) is 11.5 Å². The average Bonchev–Trinajstić information content (AvgIpc) is 2.59. The molecule has 0 atom stereocenters. The van der Waals surface area contributed by atoms with Gasteiger partial charge in [-0.3, -0.25) is 0 Å². The Bertz CT molecular complexity index is 612. The Morgan fingerprint density at radius 1 is 1.16 bits per heavy atom. The Balaban J connectivity index is 2.70. The zero-order chi connectivity index (χ0) is 18.7. The molecule has 1 N–H and O–H groups in total. The summed E-state index contributed by atoms with van der Waals surface area (Å²) in [4.78, 5) is 0. The van der Waals surface area contributed by atoms with Gasteiger partial charge in [-0.25, -0.2) is 0 Å². The summed E-state index contributed by atoms with van der Waals surface area (Å²) in [6.07, 6.45) is 13.1. The van der Waals surface area contributed by atoms with E-state index in [1.807, 2.05) is 25.4 Å². The first kappa shape index (κ1) is 20.8. The van der Waals surface area contributed by atoms with Gasteiger partial charge >= 0.3 is 0 Å². The molecule has 0 spiro atoms. The van der Waals surface area contributed by atoms with E-state index in [0.717, 1.165) is 30.8 Å². The van der Waals surface area contributed by atoms with Gasteiger partial charge in [-0.1, -0.05) is 64.1 Å². The van der Waals surface area contributed by atoms with Crippen molar-refractivity contribution in [3.63, 3.8) is 0 Å². The number of rotatable bonds is 9. The van der Waals surface area contributed by atoms with Crippen LogP contribution in [0.1, 0.15) is 52.5 Å². The molecule has 1 aromatic carbocycles. The van der Waals surface area contributed by atoms with Crippen molar-refractivity contribution in [2.24, 2.45) is 0 Å². The molecule has 0 bridgehead atoms. The van der Waals surface area contributed by atoms with E-state index in [4.69, 9.17) is 4.74 Å². The zero-order valence-electron chi connectivity index (χ0n) is 16.4. The number of hydrogen-bond acceptors (Lipinski definition) is 2. The summed E-state index contributed by atoms with van der Waals surface area (Å²) in [6.45, 7) is 12.7. The molecule has 0 saturated carbocycles. The van der Waals surface area contributed by atoms with E-state index in [1.165, 1.54) is 11.1 Å². The fourth-order valence-corrected chi connectivity index (χ4v) is 2.37. The molecule has 2 nitrogen and oxygen atoms in total. The quantitative estimate of drug-likeness (QED) is 0.324. The normalized spacial score (nSPS) is 13.2. The predicted molar refractivity (Wildman–Crippen MR) is 110 cm³/mol. The first-order valence-corrected chi connectivity index (χ1v) is 9.01. The van der Waals surface area contributed by atoms with Gasteiger partial charge in [-0.15, -0.1) is 0 Å². The zero-order valence-corrected chi connectivity index (χ0v) is 16.4. The van der Waals surface area contributed by atoms with Crippen LogP contribution in [-0.2, 0) is 5.41 Å². The molecule has 0 amide bonds. The van der Waals surface area contributed by atoms with Crippen LogP contribution in [0.2, 0.25) is 0 Å². The van der Waals surface area contributed by atoms with Crippen LogP contribution in [-0.4, -0.2) is 7.05 Å². The van der Waals surface area contributed by atoms with E-state index in [1.54, 1.807) is 6.08 Å². The van der Waals surface area contributed by atoms with Crippen molar-refractivity contribution in [2.45, 2.75) is 52.4 Å². The molecule has 0 saturated heterocycles. The SMILES string of the molecule is C=C/C(=C\C/C=C(\CC)C/C=C\NC)Oc1ccc(C(C)(C)C)cc1. The number of ether oxygens (including phenoxy) is 1. The minimum absolute atomic E-state index is 0.152. The minimum Gasteiger partial charge on any atom is -0.458 e. The fraction of sp³-hybridized carbons (Fsp3) is 0.391. The number of allylic oxidation sites excluding steroid dienone is 5. The van der Waals surface area contributed by atoms with Crippen LogP contribution in [0.15, 0.2) is 72.7 Å². The summed E-state index contributed by atoms with van der Waals surface area (Å²) in [5.41, 5.74) is 2.87.